The van der Waals surface area contributed by atoms with Crippen LogP contribution in [0.4, 0.5) is 18.3 Å². The summed E-state index contributed by atoms with van der Waals surface area (Å²) in [7, 11) is 1.49. The number of benzene rings is 2. The van der Waals surface area contributed by atoms with Crippen molar-refractivity contribution >= 4 is 22.7 Å². The van der Waals surface area contributed by atoms with Gasteiger partial charge in [0, 0.05) is 10.9 Å². The summed E-state index contributed by atoms with van der Waals surface area (Å²) in [5.74, 6) is 0.833. The lowest BCUT2D eigenvalue weighted by atomic mass is 10.1. The number of nitrogens with one attached hydrogen (secondary N) is 1. The molecule has 0 aliphatic rings. The third-order valence-electron chi connectivity index (χ3n) is 3.85. The molecule has 0 atom stereocenters. The molecule has 1 N–H and O–H groups in total. The Hall–Kier alpha value is -3.07. The van der Waals surface area contributed by atoms with Gasteiger partial charge in [0.25, 0.3) is 0 Å². The van der Waals surface area contributed by atoms with Crippen molar-refractivity contribution in [2.24, 2.45) is 5.10 Å². The number of aryl methyl sites for hydroxylation is 1. The van der Waals surface area contributed by atoms with E-state index in [-0.39, 0.29) is 6.61 Å². The van der Waals surface area contributed by atoms with Crippen molar-refractivity contribution in [3.63, 3.8) is 0 Å². The molecule has 3 aromatic rings. The van der Waals surface area contributed by atoms with Crippen molar-refractivity contribution in [2.45, 2.75) is 19.7 Å². The third kappa shape index (κ3) is 5.47. The van der Waals surface area contributed by atoms with Gasteiger partial charge in [-0.25, -0.2) is 4.98 Å². The van der Waals surface area contributed by atoms with E-state index in [1.807, 2.05) is 12.3 Å². The first-order valence-corrected chi connectivity index (χ1v) is 9.42. The molecule has 0 saturated heterocycles. The Balaban J connectivity index is 1.77. The molecule has 0 aliphatic carbocycles. The van der Waals surface area contributed by atoms with Gasteiger partial charge >= 0.3 is 6.18 Å². The number of halogens is 3. The number of aromatic nitrogens is 1. The normalized spacial score (nSPS) is 11.6. The second-order valence-corrected chi connectivity index (χ2v) is 6.89. The first-order valence-electron chi connectivity index (χ1n) is 8.54. The number of para-hydroxylation sites is 1. The minimum absolute atomic E-state index is 0.0514. The van der Waals surface area contributed by atoms with Crippen LogP contribution in [0.15, 0.2) is 52.9 Å². The minimum Gasteiger partial charge on any atom is -0.493 e. The summed E-state index contributed by atoms with van der Waals surface area (Å²) < 4.78 is 49.8. The van der Waals surface area contributed by atoms with Crippen LogP contribution in [0.25, 0.3) is 0 Å². The van der Waals surface area contributed by atoms with Crippen molar-refractivity contribution in [1.82, 2.24) is 4.98 Å². The molecule has 0 saturated carbocycles. The van der Waals surface area contributed by atoms with Crippen LogP contribution in [0.1, 0.15) is 22.4 Å². The Labute approximate surface area is 169 Å². The van der Waals surface area contributed by atoms with Crippen LogP contribution in [-0.2, 0) is 12.8 Å². The molecule has 0 aliphatic heterocycles. The zero-order valence-corrected chi connectivity index (χ0v) is 16.5. The van der Waals surface area contributed by atoms with E-state index >= 15 is 0 Å². The molecule has 0 amide bonds. The summed E-state index contributed by atoms with van der Waals surface area (Å²) in [6.45, 7) is 1.83. The van der Waals surface area contributed by atoms with Crippen LogP contribution in [-0.4, -0.2) is 18.3 Å². The number of hydrogen-bond acceptors (Lipinski definition) is 6. The highest BCUT2D eigenvalue weighted by Crippen LogP contribution is 2.32. The molecule has 9 heteroatoms. The SMILES string of the molecule is COc1cccc(C=NNc2nc(C)cs2)c1OCc1cccc(C(F)(F)F)c1. The van der Waals surface area contributed by atoms with E-state index in [1.165, 1.54) is 24.5 Å². The number of ether oxygens (including phenoxy) is 2. The fourth-order valence-electron chi connectivity index (χ4n) is 2.50. The van der Waals surface area contributed by atoms with E-state index in [1.54, 1.807) is 30.5 Å². The molecule has 2 aromatic carbocycles. The van der Waals surface area contributed by atoms with Gasteiger partial charge in [-0.3, -0.25) is 5.43 Å². The molecule has 0 unspecified atom stereocenters. The number of anilines is 1. The standard InChI is InChI=1S/C20H18F3N3O2S/c1-13-12-29-19(25-13)26-24-10-15-6-4-8-17(27-2)18(15)28-11-14-5-3-7-16(9-14)20(21,22)23/h3-10,12H,11H2,1-2H3,(H,25,26). The van der Waals surface area contributed by atoms with E-state index in [4.69, 9.17) is 9.47 Å². The number of hydrazone groups is 1. The Morgan fingerprint density at radius 2 is 2.00 bits per heavy atom. The first kappa shape index (κ1) is 20.7. The molecule has 1 heterocycles. The lowest BCUT2D eigenvalue weighted by molar-refractivity contribution is -0.137. The smallest absolute Gasteiger partial charge is 0.416 e. The molecule has 0 spiro atoms. The van der Waals surface area contributed by atoms with Gasteiger partial charge in [0.05, 0.1) is 24.6 Å². The maximum absolute atomic E-state index is 12.9. The summed E-state index contributed by atoms with van der Waals surface area (Å²) >= 11 is 1.42. The van der Waals surface area contributed by atoms with E-state index in [0.717, 1.165) is 17.8 Å². The second-order valence-electron chi connectivity index (χ2n) is 6.03. The van der Waals surface area contributed by atoms with Crippen molar-refractivity contribution in [2.75, 3.05) is 12.5 Å². The van der Waals surface area contributed by atoms with E-state index in [2.05, 4.69) is 15.5 Å². The van der Waals surface area contributed by atoms with Crippen LogP contribution in [0.2, 0.25) is 0 Å². The maximum atomic E-state index is 12.9. The van der Waals surface area contributed by atoms with Crippen LogP contribution in [0.5, 0.6) is 11.5 Å². The quantitative estimate of drug-likeness (QED) is 0.404. The van der Waals surface area contributed by atoms with Crippen molar-refractivity contribution in [3.8, 4) is 11.5 Å². The van der Waals surface area contributed by atoms with Gasteiger partial charge in [-0.15, -0.1) is 11.3 Å². The maximum Gasteiger partial charge on any atom is 0.416 e. The molecule has 0 fully saturated rings. The Kier molecular flexibility index (Phi) is 6.38. The Morgan fingerprint density at radius 3 is 2.69 bits per heavy atom. The van der Waals surface area contributed by atoms with Crippen LogP contribution in [0, 0.1) is 6.92 Å². The van der Waals surface area contributed by atoms with Crippen molar-refractivity contribution in [1.29, 1.82) is 0 Å². The first-order chi connectivity index (χ1) is 13.9. The number of alkyl halides is 3. The number of rotatable bonds is 7. The summed E-state index contributed by atoms with van der Waals surface area (Å²) in [5.41, 5.74) is 4.00. The highest BCUT2D eigenvalue weighted by molar-refractivity contribution is 7.13. The molecular weight excluding hydrogens is 403 g/mol. The Morgan fingerprint density at radius 1 is 1.21 bits per heavy atom. The largest absolute Gasteiger partial charge is 0.493 e. The van der Waals surface area contributed by atoms with Crippen LogP contribution in [0.3, 0.4) is 0 Å². The van der Waals surface area contributed by atoms with E-state index in [9.17, 15) is 13.2 Å². The molecule has 3 rings (SSSR count). The fraction of sp³-hybridized carbons (Fsp3) is 0.200. The molecule has 0 radical (unpaired) electrons. The molecular formula is C20H18F3N3O2S. The zero-order chi connectivity index (χ0) is 20.9. The average Bonchev–Trinajstić information content (AvgIpc) is 3.11. The van der Waals surface area contributed by atoms with Gasteiger partial charge in [-0.05, 0) is 36.8 Å². The Bertz CT molecular complexity index is 1000. The van der Waals surface area contributed by atoms with Crippen LogP contribution < -0.4 is 14.9 Å². The molecule has 5 nitrogen and oxygen atoms in total. The van der Waals surface area contributed by atoms with Crippen LogP contribution >= 0.6 is 11.3 Å². The van der Waals surface area contributed by atoms with Gasteiger partial charge in [0.1, 0.15) is 6.61 Å². The van der Waals surface area contributed by atoms with Gasteiger partial charge < -0.3 is 9.47 Å². The monoisotopic (exact) mass is 421 g/mol. The number of methoxy groups -OCH3 is 1. The highest BCUT2D eigenvalue weighted by Gasteiger charge is 2.30. The molecule has 1 aromatic heterocycles. The summed E-state index contributed by atoms with van der Waals surface area (Å²) in [4.78, 5) is 4.25. The van der Waals surface area contributed by atoms with E-state index < -0.39 is 11.7 Å². The van der Waals surface area contributed by atoms with Gasteiger partial charge in [0.2, 0.25) is 5.13 Å². The average molecular weight is 421 g/mol. The van der Waals surface area contributed by atoms with Gasteiger partial charge in [-0.2, -0.15) is 18.3 Å². The molecule has 0 bridgehead atoms. The lowest BCUT2D eigenvalue weighted by Gasteiger charge is -2.14. The number of nitrogens with zero attached hydrogens (tertiary/aromatic N) is 2. The molecule has 152 valence electrons. The zero-order valence-electron chi connectivity index (χ0n) is 15.7. The minimum atomic E-state index is -4.40. The second kappa shape index (κ2) is 8.95. The predicted octanol–water partition coefficient (Wildman–Crippen LogP) is 5.50. The van der Waals surface area contributed by atoms with Gasteiger partial charge in [-0.1, -0.05) is 18.2 Å². The van der Waals surface area contributed by atoms with Crippen molar-refractivity contribution < 1.29 is 22.6 Å². The summed E-state index contributed by atoms with van der Waals surface area (Å²) in [6, 6.07) is 10.3. The topological polar surface area (TPSA) is 55.7 Å². The van der Waals surface area contributed by atoms with Gasteiger partial charge in [0.15, 0.2) is 11.5 Å². The number of thiazole rings is 1. The fourth-order valence-corrected chi connectivity index (χ4v) is 3.14. The lowest BCUT2D eigenvalue weighted by Crippen LogP contribution is -2.07. The summed E-state index contributed by atoms with van der Waals surface area (Å²) in [6.07, 6.45) is -2.86. The number of hydrogen-bond donors (Lipinski definition) is 1. The summed E-state index contributed by atoms with van der Waals surface area (Å²) in [5, 5.41) is 6.69. The van der Waals surface area contributed by atoms with E-state index in [0.29, 0.717) is 27.8 Å². The van der Waals surface area contributed by atoms with Crippen molar-refractivity contribution in [3.05, 3.63) is 70.2 Å². The third-order valence-corrected chi connectivity index (χ3v) is 4.71. The highest BCUT2D eigenvalue weighted by atomic mass is 32.1. The molecule has 29 heavy (non-hydrogen) atoms. The predicted molar refractivity (Wildman–Crippen MR) is 107 cm³/mol.